The molecule has 3 aliphatic heterocycles. The van der Waals surface area contributed by atoms with Gasteiger partial charge in [0, 0.05) is 51.0 Å². The summed E-state index contributed by atoms with van der Waals surface area (Å²) in [5, 5.41) is 2.21. The molecule has 2 saturated heterocycles. The molecule has 3 aliphatic rings. The van der Waals surface area contributed by atoms with Crippen LogP contribution in [0.5, 0.6) is 0 Å². The van der Waals surface area contributed by atoms with Gasteiger partial charge in [-0.1, -0.05) is 0 Å². The lowest BCUT2D eigenvalue weighted by atomic mass is 10.0. The Balaban J connectivity index is 1.19. The highest BCUT2D eigenvalue weighted by Crippen LogP contribution is 2.31. The summed E-state index contributed by atoms with van der Waals surface area (Å²) in [6.45, 7) is 9.07. The van der Waals surface area contributed by atoms with Crippen LogP contribution in [-0.4, -0.2) is 82.2 Å². The van der Waals surface area contributed by atoms with Crippen LogP contribution in [0.4, 0.5) is 5.69 Å². The molecule has 2 aromatic rings. The van der Waals surface area contributed by atoms with E-state index in [0.29, 0.717) is 25.2 Å². The predicted molar refractivity (Wildman–Crippen MR) is 140 cm³/mol. The van der Waals surface area contributed by atoms with Gasteiger partial charge in [0.2, 0.25) is 11.8 Å². The zero-order valence-corrected chi connectivity index (χ0v) is 22.2. The second-order valence-electron chi connectivity index (χ2n) is 11.0. The van der Waals surface area contributed by atoms with E-state index in [9.17, 15) is 24.0 Å². The van der Waals surface area contributed by atoms with Crippen molar-refractivity contribution in [2.45, 2.75) is 51.8 Å². The molecular formula is C28H31N5O6. The summed E-state index contributed by atoms with van der Waals surface area (Å²) in [5.74, 6) is -2.43. The molecule has 0 spiro atoms. The summed E-state index contributed by atoms with van der Waals surface area (Å²) in [6, 6.07) is 7.77. The third-order valence-electron chi connectivity index (χ3n) is 7.01. The van der Waals surface area contributed by atoms with E-state index >= 15 is 0 Å². The van der Waals surface area contributed by atoms with Crippen molar-refractivity contribution >= 4 is 35.3 Å². The number of fused-ring (bicyclic) bond motifs is 1. The molecule has 1 aromatic heterocycles. The molecule has 1 aromatic carbocycles. The highest BCUT2D eigenvalue weighted by molar-refractivity contribution is 6.23. The Morgan fingerprint density at radius 1 is 1.00 bits per heavy atom. The number of piperidine rings is 1. The molecule has 204 valence electrons. The van der Waals surface area contributed by atoms with Gasteiger partial charge in [-0.15, -0.1) is 0 Å². The zero-order chi connectivity index (χ0) is 27.9. The molecule has 1 unspecified atom stereocenters. The Labute approximate surface area is 226 Å². The maximum absolute atomic E-state index is 13.1. The van der Waals surface area contributed by atoms with Crippen molar-refractivity contribution in [3.63, 3.8) is 0 Å². The molecule has 11 heteroatoms. The molecule has 11 nitrogen and oxygen atoms in total. The number of nitrogens with one attached hydrogen (secondary N) is 1. The van der Waals surface area contributed by atoms with Crippen LogP contribution in [0.3, 0.4) is 0 Å². The van der Waals surface area contributed by atoms with Crippen molar-refractivity contribution in [1.82, 2.24) is 20.1 Å². The van der Waals surface area contributed by atoms with Crippen molar-refractivity contribution in [2.75, 3.05) is 31.1 Å². The number of imide groups is 2. The number of anilines is 1. The number of benzene rings is 1. The van der Waals surface area contributed by atoms with Crippen molar-refractivity contribution in [3.8, 4) is 0 Å². The van der Waals surface area contributed by atoms with E-state index < -0.39 is 41.2 Å². The first-order valence-electron chi connectivity index (χ1n) is 13.0. The topological polar surface area (TPSA) is 129 Å². The van der Waals surface area contributed by atoms with Crippen LogP contribution in [0.25, 0.3) is 0 Å². The van der Waals surface area contributed by atoms with Gasteiger partial charge in [0.1, 0.15) is 11.6 Å². The Bertz CT molecular complexity index is 1340. The standard InChI is InChI=1S/C28H31N5O6/c1-28(2,3)39-27(38)17-4-5-18(29-15-17)16-31-10-12-32(13-11-31)19-6-7-20-21(14-19)26(37)33(25(20)36)22-8-9-23(34)30-24(22)35/h4-7,14-15,22H,8-13,16H2,1-3H3,(H,30,34,35). The van der Waals surface area contributed by atoms with E-state index in [1.807, 2.05) is 32.9 Å². The van der Waals surface area contributed by atoms with Crippen LogP contribution in [0.1, 0.15) is 70.4 Å². The van der Waals surface area contributed by atoms with Crippen LogP contribution in [0, 0.1) is 0 Å². The summed E-state index contributed by atoms with van der Waals surface area (Å²) in [6.07, 6.45) is 1.76. The van der Waals surface area contributed by atoms with E-state index in [1.54, 1.807) is 24.4 Å². The van der Waals surface area contributed by atoms with Gasteiger partial charge in [0.05, 0.1) is 22.4 Å². The number of rotatable bonds is 5. The largest absolute Gasteiger partial charge is 0.456 e. The number of hydrogen-bond acceptors (Lipinski definition) is 9. The number of pyridine rings is 1. The molecule has 4 heterocycles. The molecule has 0 aliphatic carbocycles. The first-order chi connectivity index (χ1) is 18.5. The van der Waals surface area contributed by atoms with E-state index in [1.165, 1.54) is 0 Å². The number of nitrogens with zero attached hydrogens (tertiary/aromatic N) is 4. The molecule has 0 bridgehead atoms. The molecule has 4 amide bonds. The van der Waals surface area contributed by atoms with Crippen molar-refractivity contribution in [1.29, 1.82) is 0 Å². The number of esters is 1. The smallest absolute Gasteiger partial charge is 0.340 e. The lowest BCUT2D eigenvalue weighted by molar-refractivity contribution is -0.136. The first kappa shape index (κ1) is 26.5. The van der Waals surface area contributed by atoms with Gasteiger partial charge in [-0.05, 0) is 57.5 Å². The monoisotopic (exact) mass is 533 g/mol. The lowest BCUT2D eigenvalue weighted by Gasteiger charge is -2.36. The van der Waals surface area contributed by atoms with Gasteiger partial charge in [0.15, 0.2) is 0 Å². The Morgan fingerprint density at radius 3 is 2.36 bits per heavy atom. The van der Waals surface area contributed by atoms with E-state index in [2.05, 4.69) is 20.1 Å². The normalized spacial score (nSPS) is 20.2. The molecular weight excluding hydrogens is 502 g/mol. The number of amides is 4. The number of ether oxygens (including phenoxy) is 1. The van der Waals surface area contributed by atoms with E-state index in [-0.39, 0.29) is 24.0 Å². The second kappa shape index (κ2) is 10.2. The number of carbonyl (C=O) groups excluding carboxylic acids is 5. The number of carbonyl (C=O) groups is 5. The number of aromatic nitrogens is 1. The fraction of sp³-hybridized carbons (Fsp3) is 0.429. The minimum atomic E-state index is -0.978. The lowest BCUT2D eigenvalue weighted by Crippen LogP contribution is -2.54. The average molecular weight is 534 g/mol. The molecule has 1 atom stereocenters. The van der Waals surface area contributed by atoms with Crippen LogP contribution < -0.4 is 10.2 Å². The summed E-state index contributed by atoms with van der Waals surface area (Å²) < 4.78 is 5.39. The fourth-order valence-corrected chi connectivity index (χ4v) is 5.02. The van der Waals surface area contributed by atoms with Crippen molar-refractivity contribution in [3.05, 3.63) is 58.9 Å². The minimum absolute atomic E-state index is 0.0861. The number of piperazine rings is 1. The fourth-order valence-electron chi connectivity index (χ4n) is 5.02. The summed E-state index contributed by atoms with van der Waals surface area (Å²) in [7, 11) is 0. The van der Waals surface area contributed by atoms with Gasteiger partial charge in [0.25, 0.3) is 11.8 Å². The van der Waals surface area contributed by atoms with Gasteiger partial charge < -0.3 is 9.64 Å². The van der Waals surface area contributed by atoms with Crippen molar-refractivity contribution in [2.24, 2.45) is 0 Å². The first-order valence-corrected chi connectivity index (χ1v) is 13.0. The highest BCUT2D eigenvalue weighted by Gasteiger charge is 2.44. The van der Waals surface area contributed by atoms with E-state index in [0.717, 1.165) is 29.4 Å². The Kier molecular flexibility index (Phi) is 6.94. The second-order valence-corrected chi connectivity index (χ2v) is 11.0. The minimum Gasteiger partial charge on any atom is -0.456 e. The third kappa shape index (κ3) is 5.53. The van der Waals surface area contributed by atoms with Crippen LogP contribution in [0.2, 0.25) is 0 Å². The quantitative estimate of drug-likeness (QED) is 0.451. The summed E-state index contributed by atoms with van der Waals surface area (Å²) >= 11 is 0. The molecule has 0 saturated carbocycles. The molecule has 5 rings (SSSR count). The SMILES string of the molecule is CC(C)(C)OC(=O)c1ccc(CN2CCN(c3ccc4c(c3)C(=O)N(C3CCC(=O)NC3=O)C4=O)CC2)nc1. The van der Waals surface area contributed by atoms with Gasteiger partial charge in [-0.2, -0.15) is 0 Å². The van der Waals surface area contributed by atoms with Gasteiger partial charge in [-0.3, -0.25) is 39.3 Å². The molecule has 1 N–H and O–H groups in total. The third-order valence-corrected chi connectivity index (χ3v) is 7.01. The summed E-state index contributed by atoms with van der Waals surface area (Å²) in [5.41, 5.74) is 2.08. The molecule has 2 fully saturated rings. The number of hydrogen-bond donors (Lipinski definition) is 1. The van der Waals surface area contributed by atoms with Crippen molar-refractivity contribution < 1.29 is 28.7 Å². The molecule has 0 radical (unpaired) electrons. The van der Waals surface area contributed by atoms with Crippen LogP contribution >= 0.6 is 0 Å². The Morgan fingerprint density at radius 2 is 1.72 bits per heavy atom. The van der Waals surface area contributed by atoms with Crippen LogP contribution in [-0.2, 0) is 20.9 Å². The predicted octanol–water partition coefficient (Wildman–Crippen LogP) is 1.76. The Hall–Kier alpha value is -4.12. The van der Waals surface area contributed by atoms with Gasteiger partial charge in [-0.25, -0.2) is 4.79 Å². The molecule has 39 heavy (non-hydrogen) atoms. The summed E-state index contributed by atoms with van der Waals surface area (Å²) in [4.78, 5) is 71.9. The van der Waals surface area contributed by atoms with Gasteiger partial charge >= 0.3 is 5.97 Å². The van der Waals surface area contributed by atoms with Crippen LogP contribution in [0.15, 0.2) is 36.5 Å². The van der Waals surface area contributed by atoms with E-state index in [4.69, 9.17) is 4.74 Å². The average Bonchev–Trinajstić information content (AvgIpc) is 3.13. The highest BCUT2D eigenvalue weighted by atomic mass is 16.6. The maximum Gasteiger partial charge on any atom is 0.340 e. The maximum atomic E-state index is 13.1. The zero-order valence-electron chi connectivity index (χ0n) is 22.2.